The lowest BCUT2D eigenvalue weighted by molar-refractivity contribution is 0.0694. The molecule has 0 aliphatic heterocycles. The first kappa shape index (κ1) is 12.6. The fourth-order valence-corrected chi connectivity index (χ4v) is 3.31. The molecule has 0 unspecified atom stereocenters. The summed E-state index contributed by atoms with van der Waals surface area (Å²) in [5.74, 6) is 0.165. The van der Waals surface area contributed by atoms with Crippen molar-refractivity contribution in [1.29, 1.82) is 0 Å². The van der Waals surface area contributed by atoms with Crippen LogP contribution in [0.2, 0.25) is 0 Å². The minimum atomic E-state index is 0.165. The Kier molecular flexibility index (Phi) is 3.84. The summed E-state index contributed by atoms with van der Waals surface area (Å²) in [6, 6.07) is 2.70. The number of hydrogen-bond acceptors (Lipinski definition) is 3. The van der Waals surface area contributed by atoms with Crippen molar-refractivity contribution >= 4 is 17.2 Å². The Balaban J connectivity index is 2.03. The Morgan fingerprint density at radius 2 is 2.06 bits per heavy atom. The summed E-state index contributed by atoms with van der Waals surface area (Å²) in [6.45, 7) is 1.99. The van der Waals surface area contributed by atoms with Crippen molar-refractivity contribution in [2.45, 2.75) is 44.7 Å². The smallest absolute Gasteiger partial charge is 0.264 e. The fraction of sp³-hybridized carbons (Fsp3) is 0.615. The van der Waals surface area contributed by atoms with Gasteiger partial charge in [-0.25, -0.2) is 0 Å². The van der Waals surface area contributed by atoms with Gasteiger partial charge in [-0.3, -0.25) is 4.79 Å². The van der Waals surface area contributed by atoms with Crippen LogP contribution in [-0.2, 0) is 0 Å². The van der Waals surface area contributed by atoms with Crippen LogP contribution in [0.25, 0.3) is 0 Å². The maximum atomic E-state index is 12.3. The van der Waals surface area contributed by atoms with Gasteiger partial charge in [-0.2, -0.15) is 0 Å². The van der Waals surface area contributed by atoms with Crippen LogP contribution in [-0.4, -0.2) is 29.9 Å². The van der Waals surface area contributed by atoms with Crippen LogP contribution in [0, 0.1) is 6.92 Å². The number of amides is 1. The highest BCUT2D eigenvalue weighted by Crippen LogP contribution is 2.24. The van der Waals surface area contributed by atoms with Gasteiger partial charge in [0.25, 0.3) is 5.91 Å². The van der Waals surface area contributed by atoms with Crippen molar-refractivity contribution in [2.75, 3.05) is 7.05 Å². The molecular weight excluding hydrogens is 232 g/mol. The third kappa shape index (κ3) is 2.69. The van der Waals surface area contributed by atoms with Crippen LogP contribution < -0.4 is 5.73 Å². The number of carbonyl (C=O) groups excluding carboxylic acids is 1. The predicted octanol–water partition coefficient (Wildman–Crippen LogP) is 2.40. The molecule has 4 heteroatoms. The van der Waals surface area contributed by atoms with Crippen molar-refractivity contribution in [2.24, 2.45) is 5.73 Å². The van der Waals surface area contributed by atoms with Crippen LogP contribution in [0.4, 0.5) is 0 Å². The van der Waals surface area contributed by atoms with Crippen molar-refractivity contribution < 1.29 is 4.79 Å². The zero-order valence-electron chi connectivity index (χ0n) is 10.5. The molecule has 1 fully saturated rings. The lowest BCUT2D eigenvalue weighted by atomic mass is 9.91. The molecule has 1 aliphatic carbocycles. The van der Waals surface area contributed by atoms with Gasteiger partial charge < -0.3 is 10.6 Å². The molecule has 2 rings (SSSR count). The Hall–Kier alpha value is -0.870. The maximum absolute atomic E-state index is 12.3. The second-order valence-electron chi connectivity index (χ2n) is 4.92. The average Bonchev–Trinajstić information content (AvgIpc) is 2.74. The number of rotatable bonds is 2. The molecule has 0 saturated heterocycles. The standard InChI is InChI=1S/C13H20N2OS/c1-9-7-8-17-12(9)13(16)15(2)11-5-3-10(14)4-6-11/h7-8,10-11H,3-6,14H2,1-2H3. The lowest BCUT2D eigenvalue weighted by Crippen LogP contribution is -2.41. The molecule has 0 atom stereocenters. The zero-order chi connectivity index (χ0) is 12.4. The minimum absolute atomic E-state index is 0.165. The molecule has 0 radical (unpaired) electrons. The Morgan fingerprint density at radius 3 is 2.59 bits per heavy atom. The molecular formula is C13H20N2OS. The van der Waals surface area contributed by atoms with Crippen molar-refractivity contribution in [3.63, 3.8) is 0 Å². The molecule has 94 valence electrons. The molecule has 1 amide bonds. The highest BCUT2D eigenvalue weighted by atomic mass is 32.1. The largest absolute Gasteiger partial charge is 0.338 e. The van der Waals surface area contributed by atoms with E-state index in [1.165, 1.54) is 11.3 Å². The van der Waals surface area contributed by atoms with Crippen molar-refractivity contribution in [3.8, 4) is 0 Å². The van der Waals surface area contributed by atoms with E-state index in [1.807, 2.05) is 30.3 Å². The van der Waals surface area contributed by atoms with Gasteiger partial charge in [-0.1, -0.05) is 0 Å². The van der Waals surface area contributed by atoms with Gasteiger partial charge in [0.1, 0.15) is 0 Å². The second kappa shape index (κ2) is 5.19. The SMILES string of the molecule is Cc1ccsc1C(=O)N(C)C1CCC(N)CC1. The molecule has 0 spiro atoms. The van der Waals surface area contributed by atoms with Gasteiger partial charge in [0.15, 0.2) is 0 Å². The van der Waals surface area contributed by atoms with Crippen LogP contribution in [0.5, 0.6) is 0 Å². The molecule has 17 heavy (non-hydrogen) atoms. The number of nitrogens with two attached hydrogens (primary N) is 1. The first-order valence-electron chi connectivity index (χ1n) is 6.16. The Bertz CT molecular complexity index is 394. The van der Waals surface area contributed by atoms with Gasteiger partial charge in [-0.15, -0.1) is 11.3 Å². The molecule has 2 N–H and O–H groups in total. The van der Waals surface area contributed by atoms with E-state index >= 15 is 0 Å². The number of nitrogens with zero attached hydrogens (tertiary/aromatic N) is 1. The fourth-order valence-electron chi connectivity index (χ4n) is 2.41. The molecule has 0 aromatic carbocycles. The van der Waals surface area contributed by atoms with E-state index < -0.39 is 0 Å². The summed E-state index contributed by atoms with van der Waals surface area (Å²) < 4.78 is 0. The highest BCUT2D eigenvalue weighted by molar-refractivity contribution is 7.12. The van der Waals surface area contributed by atoms with Crippen molar-refractivity contribution in [3.05, 3.63) is 21.9 Å². The van der Waals surface area contributed by atoms with Gasteiger partial charge >= 0.3 is 0 Å². The van der Waals surface area contributed by atoms with E-state index in [9.17, 15) is 4.79 Å². The molecule has 1 aromatic heterocycles. The van der Waals surface area contributed by atoms with Crippen LogP contribution in [0.1, 0.15) is 40.9 Å². The Labute approximate surface area is 107 Å². The first-order valence-corrected chi connectivity index (χ1v) is 7.04. The third-order valence-corrected chi connectivity index (χ3v) is 4.67. The number of hydrogen-bond donors (Lipinski definition) is 1. The zero-order valence-corrected chi connectivity index (χ0v) is 11.3. The summed E-state index contributed by atoms with van der Waals surface area (Å²) in [4.78, 5) is 15.1. The number of carbonyl (C=O) groups is 1. The van der Waals surface area contributed by atoms with Gasteiger partial charge in [0.05, 0.1) is 4.88 Å². The first-order chi connectivity index (χ1) is 8.09. The summed E-state index contributed by atoms with van der Waals surface area (Å²) in [7, 11) is 1.92. The van der Waals surface area contributed by atoms with E-state index in [0.29, 0.717) is 12.1 Å². The number of thiophene rings is 1. The van der Waals surface area contributed by atoms with Crippen LogP contribution in [0.3, 0.4) is 0 Å². The molecule has 1 aromatic rings. The van der Waals surface area contributed by atoms with E-state index in [2.05, 4.69) is 0 Å². The highest BCUT2D eigenvalue weighted by Gasteiger charge is 2.26. The maximum Gasteiger partial charge on any atom is 0.264 e. The Morgan fingerprint density at radius 1 is 1.41 bits per heavy atom. The normalized spacial score (nSPS) is 24.6. The topological polar surface area (TPSA) is 46.3 Å². The van der Waals surface area contributed by atoms with Crippen LogP contribution >= 0.6 is 11.3 Å². The quantitative estimate of drug-likeness (QED) is 0.878. The monoisotopic (exact) mass is 252 g/mol. The van der Waals surface area contributed by atoms with E-state index in [0.717, 1.165) is 36.1 Å². The van der Waals surface area contributed by atoms with Gasteiger partial charge in [-0.05, 0) is 49.6 Å². The third-order valence-electron chi connectivity index (χ3n) is 3.67. The second-order valence-corrected chi connectivity index (χ2v) is 5.83. The number of aryl methyl sites for hydroxylation is 1. The van der Waals surface area contributed by atoms with Crippen molar-refractivity contribution in [1.82, 2.24) is 4.90 Å². The molecule has 0 bridgehead atoms. The van der Waals surface area contributed by atoms with Crippen LogP contribution in [0.15, 0.2) is 11.4 Å². The molecule has 1 aliphatic rings. The lowest BCUT2D eigenvalue weighted by Gasteiger charge is -2.33. The summed E-state index contributed by atoms with van der Waals surface area (Å²) in [5, 5.41) is 1.98. The summed E-state index contributed by atoms with van der Waals surface area (Å²) in [5.41, 5.74) is 6.97. The summed E-state index contributed by atoms with van der Waals surface area (Å²) >= 11 is 1.53. The summed E-state index contributed by atoms with van der Waals surface area (Å²) in [6.07, 6.45) is 4.14. The minimum Gasteiger partial charge on any atom is -0.338 e. The van der Waals surface area contributed by atoms with Gasteiger partial charge in [0.2, 0.25) is 0 Å². The van der Waals surface area contributed by atoms with E-state index in [1.54, 1.807) is 0 Å². The van der Waals surface area contributed by atoms with Gasteiger partial charge in [0, 0.05) is 19.1 Å². The van der Waals surface area contributed by atoms with E-state index in [-0.39, 0.29) is 5.91 Å². The molecule has 1 saturated carbocycles. The van der Waals surface area contributed by atoms with E-state index in [4.69, 9.17) is 5.73 Å². The average molecular weight is 252 g/mol. The molecule has 3 nitrogen and oxygen atoms in total. The molecule has 1 heterocycles. The predicted molar refractivity (Wildman–Crippen MR) is 71.4 cm³/mol.